The molecule has 0 amide bonds. The second-order valence-corrected chi connectivity index (χ2v) is 1.73. The highest BCUT2D eigenvalue weighted by atomic mass is 35.5. The van der Waals surface area contributed by atoms with Gasteiger partial charge in [0, 0.05) is 11.8 Å². The Kier molecular flexibility index (Phi) is 1.39. The van der Waals surface area contributed by atoms with Crippen molar-refractivity contribution >= 4 is 18.1 Å². The van der Waals surface area contributed by atoms with Crippen LogP contribution in [0, 0.1) is 0 Å². The molecule has 0 aromatic carbocycles. The number of carbonyl (C=O) groups is 1. The van der Waals surface area contributed by atoms with Crippen LogP contribution >= 0.6 is 11.8 Å². The fourth-order valence-electron chi connectivity index (χ4n) is 0.405. The largest absolute Gasteiger partial charge is 0.477 e. The molecule has 1 aliphatic heterocycles. The lowest BCUT2D eigenvalue weighted by Gasteiger charge is -2.01. The van der Waals surface area contributed by atoms with Crippen molar-refractivity contribution in [3.63, 3.8) is 0 Å². The van der Waals surface area contributed by atoms with Crippen molar-refractivity contribution in [1.29, 1.82) is 0 Å². The number of ether oxygens (including phenoxy) is 1. The van der Waals surface area contributed by atoms with E-state index in [0.717, 1.165) is 0 Å². The maximum absolute atomic E-state index is 9.94. The number of rotatable bonds is 1. The Morgan fingerprint density at radius 3 is 3.00 bits per heavy atom. The van der Waals surface area contributed by atoms with Gasteiger partial charge in [0.05, 0.1) is 0 Å². The van der Waals surface area contributed by atoms with E-state index in [1.807, 2.05) is 0 Å². The predicted octanol–water partition coefficient (Wildman–Crippen LogP) is 0.470. The maximum atomic E-state index is 9.94. The Balaban J connectivity index is 2.62. The normalized spacial score (nSPS) is 17.6. The molecule has 0 radical (unpaired) electrons. The first kappa shape index (κ1) is 5.44. The highest BCUT2D eigenvalue weighted by Crippen LogP contribution is 2.11. The van der Waals surface area contributed by atoms with Crippen LogP contribution in [0.15, 0.2) is 12.0 Å². The van der Waals surface area contributed by atoms with E-state index < -0.39 is 0 Å². The quantitative estimate of drug-likeness (QED) is 0.385. The van der Waals surface area contributed by atoms with E-state index in [0.29, 0.717) is 12.0 Å². The lowest BCUT2D eigenvalue weighted by atomic mass is 10.6. The fourth-order valence-corrected chi connectivity index (χ4v) is 0.541. The van der Waals surface area contributed by atoms with Crippen LogP contribution in [0.25, 0.3) is 0 Å². The first-order valence-corrected chi connectivity index (χ1v) is 2.38. The summed E-state index contributed by atoms with van der Waals surface area (Å²) in [5.74, 6) is 0. The summed E-state index contributed by atoms with van der Waals surface area (Å²) in [6.45, 7) is 0.260. The minimum atomic E-state index is 0.260. The number of hydrogen-bond donors (Lipinski definition) is 0. The molecule has 4 heteroatoms. The first-order valence-electron chi connectivity index (χ1n) is 2.05. The molecule has 0 aromatic heterocycles. The average Bonchev–Trinajstić information content (AvgIpc) is 2.14. The summed E-state index contributed by atoms with van der Waals surface area (Å²) in [4.78, 5) is 9.94. The molecular weight excluding hydrogens is 130 g/mol. The van der Waals surface area contributed by atoms with Crippen molar-refractivity contribution < 1.29 is 9.53 Å². The standard InChI is InChI=1S/C4H4ClNO2/c5-6-3-8-2-4(6)1-7/h1-2H,3H2. The third-order valence-electron chi connectivity index (χ3n) is 0.793. The van der Waals surface area contributed by atoms with Crippen LogP contribution in [0.5, 0.6) is 0 Å². The van der Waals surface area contributed by atoms with Gasteiger partial charge in [-0.3, -0.25) is 4.79 Å². The Morgan fingerprint density at radius 2 is 2.75 bits per heavy atom. The molecule has 1 aliphatic rings. The monoisotopic (exact) mass is 133 g/mol. The van der Waals surface area contributed by atoms with E-state index in [-0.39, 0.29) is 6.73 Å². The summed E-state index contributed by atoms with van der Waals surface area (Å²) in [5.41, 5.74) is 0.367. The van der Waals surface area contributed by atoms with Gasteiger partial charge in [0.1, 0.15) is 12.0 Å². The third kappa shape index (κ3) is 0.767. The van der Waals surface area contributed by atoms with Gasteiger partial charge in [-0.15, -0.1) is 0 Å². The van der Waals surface area contributed by atoms with Crippen molar-refractivity contribution in [2.75, 3.05) is 6.73 Å². The van der Waals surface area contributed by atoms with E-state index in [2.05, 4.69) is 4.74 Å². The Morgan fingerprint density at radius 1 is 2.00 bits per heavy atom. The van der Waals surface area contributed by atoms with Gasteiger partial charge in [-0.1, -0.05) is 0 Å². The van der Waals surface area contributed by atoms with Crippen LogP contribution < -0.4 is 0 Å². The second kappa shape index (κ2) is 2.05. The molecule has 1 heterocycles. The van der Waals surface area contributed by atoms with Gasteiger partial charge in [0.25, 0.3) is 0 Å². The number of hydrogen-bond acceptors (Lipinski definition) is 3. The van der Waals surface area contributed by atoms with Crippen LogP contribution in [0.2, 0.25) is 0 Å². The smallest absolute Gasteiger partial charge is 0.175 e. The summed E-state index contributed by atoms with van der Waals surface area (Å²) in [6.07, 6.45) is 1.96. The third-order valence-corrected chi connectivity index (χ3v) is 1.09. The van der Waals surface area contributed by atoms with E-state index in [4.69, 9.17) is 11.8 Å². The van der Waals surface area contributed by atoms with Gasteiger partial charge in [-0.25, -0.2) is 4.42 Å². The topological polar surface area (TPSA) is 29.5 Å². The molecule has 0 N–H and O–H groups in total. The summed E-state index contributed by atoms with van der Waals surface area (Å²) in [7, 11) is 0. The van der Waals surface area contributed by atoms with Gasteiger partial charge in [0.2, 0.25) is 0 Å². The Hall–Kier alpha value is -0.700. The van der Waals surface area contributed by atoms with Crippen LogP contribution in [0.3, 0.4) is 0 Å². The molecule has 0 bridgehead atoms. The lowest BCUT2D eigenvalue weighted by Crippen LogP contribution is -2.06. The predicted molar refractivity (Wildman–Crippen MR) is 27.8 cm³/mol. The van der Waals surface area contributed by atoms with Crippen LogP contribution in [-0.4, -0.2) is 17.4 Å². The summed E-state index contributed by atoms with van der Waals surface area (Å²) in [5, 5.41) is 0. The van der Waals surface area contributed by atoms with Crippen LogP contribution in [-0.2, 0) is 9.53 Å². The number of halogens is 1. The summed E-state index contributed by atoms with van der Waals surface area (Å²) >= 11 is 5.39. The number of allylic oxidation sites excluding steroid dienone is 1. The zero-order valence-corrected chi connectivity index (χ0v) is 4.76. The number of nitrogens with zero attached hydrogens (tertiary/aromatic N) is 1. The molecule has 0 aromatic rings. The van der Waals surface area contributed by atoms with Crippen LogP contribution in [0.1, 0.15) is 0 Å². The highest BCUT2D eigenvalue weighted by molar-refractivity contribution is 6.16. The number of carbonyl (C=O) groups excluding carboxylic acids is 1. The molecule has 0 atom stereocenters. The molecule has 0 unspecified atom stereocenters. The molecule has 44 valence electrons. The molecule has 8 heavy (non-hydrogen) atoms. The van der Waals surface area contributed by atoms with Gasteiger partial charge in [-0.2, -0.15) is 0 Å². The first-order chi connectivity index (χ1) is 3.84. The van der Waals surface area contributed by atoms with Crippen molar-refractivity contribution in [2.24, 2.45) is 0 Å². The Labute approximate surface area is 51.6 Å². The second-order valence-electron chi connectivity index (χ2n) is 1.32. The van der Waals surface area contributed by atoms with Crippen molar-refractivity contribution in [3.05, 3.63) is 12.0 Å². The average molecular weight is 134 g/mol. The summed E-state index contributed by atoms with van der Waals surface area (Å²) in [6, 6.07) is 0. The zero-order valence-electron chi connectivity index (χ0n) is 4.00. The molecule has 0 fully saturated rings. The summed E-state index contributed by atoms with van der Waals surface area (Å²) < 4.78 is 5.86. The van der Waals surface area contributed by atoms with Gasteiger partial charge in [0.15, 0.2) is 13.0 Å². The molecule has 0 saturated carbocycles. The molecule has 0 aliphatic carbocycles. The Bertz CT molecular complexity index is 134. The van der Waals surface area contributed by atoms with Crippen LogP contribution in [0.4, 0.5) is 0 Å². The van der Waals surface area contributed by atoms with Gasteiger partial charge in [-0.05, 0) is 0 Å². The van der Waals surface area contributed by atoms with E-state index in [1.165, 1.54) is 10.7 Å². The fraction of sp³-hybridized carbons (Fsp3) is 0.250. The highest BCUT2D eigenvalue weighted by Gasteiger charge is 2.11. The number of aldehydes is 1. The van der Waals surface area contributed by atoms with E-state index >= 15 is 0 Å². The van der Waals surface area contributed by atoms with Crippen molar-refractivity contribution in [3.8, 4) is 0 Å². The molecular formula is C4H4ClNO2. The van der Waals surface area contributed by atoms with Gasteiger partial charge >= 0.3 is 0 Å². The maximum Gasteiger partial charge on any atom is 0.175 e. The van der Waals surface area contributed by atoms with Crippen molar-refractivity contribution in [1.82, 2.24) is 4.42 Å². The van der Waals surface area contributed by atoms with E-state index in [1.54, 1.807) is 0 Å². The SMILES string of the molecule is O=CC1=COCN1Cl. The zero-order chi connectivity index (χ0) is 5.98. The van der Waals surface area contributed by atoms with Gasteiger partial charge < -0.3 is 4.74 Å². The minimum Gasteiger partial charge on any atom is -0.477 e. The van der Waals surface area contributed by atoms with E-state index in [9.17, 15) is 4.79 Å². The molecule has 0 saturated heterocycles. The minimum absolute atomic E-state index is 0.260. The van der Waals surface area contributed by atoms with Crippen molar-refractivity contribution in [2.45, 2.75) is 0 Å². The molecule has 0 spiro atoms. The lowest BCUT2D eigenvalue weighted by molar-refractivity contribution is -0.105. The molecule has 3 nitrogen and oxygen atoms in total. The molecule has 1 rings (SSSR count).